The summed E-state index contributed by atoms with van der Waals surface area (Å²) in [5.41, 5.74) is -0.441. The first kappa shape index (κ1) is 23.5. The number of aliphatic hydroxyl groups is 4. The van der Waals surface area contributed by atoms with Gasteiger partial charge in [0, 0.05) is 30.7 Å². The Labute approximate surface area is 188 Å². The number of carbonyl (C=O) groups excluding carboxylic acids is 1. The Bertz CT molecular complexity index is 966. The number of hydrogen-bond donors (Lipinski definition) is 4. The largest absolute Gasteiger partial charge is 0.480 e. The highest BCUT2D eigenvalue weighted by molar-refractivity contribution is 5.90. The van der Waals surface area contributed by atoms with Crippen LogP contribution in [0, 0.1) is 10.1 Å². The van der Waals surface area contributed by atoms with Crippen LogP contribution in [0.2, 0.25) is 0 Å². The summed E-state index contributed by atoms with van der Waals surface area (Å²) < 4.78 is 17.1. The molecule has 1 aromatic carbocycles. The van der Waals surface area contributed by atoms with Gasteiger partial charge in [0.25, 0.3) is 5.69 Å². The summed E-state index contributed by atoms with van der Waals surface area (Å²) in [6, 6.07) is 4.10. The lowest BCUT2D eigenvalue weighted by molar-refractivity contribution is -0.384. The minimum Gasteiger partial charge on any atom is -0.480 e. The van der Waals surface area contributed by atoms with E-state index in [0.29, 0.717) is 36.4 Å². The van der Waals surface area contributed by atoms with E-state index in [2.05, 4.69) is 0 Å². The Morgan fingerprint density at radius 2 is 2.03 bits per heavy atom. The fourth-order valence-electron chi connectivity index (χ4n) is 4.22. The summed E-state index contributed by atoms with van der Waals surface area (Å²) in [4.78, 5) is 24.7. The van der Waals surface area contributed by atoms with Gasteiger partial charge in [-0.25, -0.2) is 0 Å². The molecule has 6 atom stereocenters. The van der Waals surface area contributed by atoms with Crippen molar-refractivity contribution in [2.24, 2.45) is 0 Å². The molecule has 0 aliphatic carbocycles. The van der Waals surface area contributed by atoms with Crippen molar-refractivity contribution in [1.82, 2.24) is 4.90 Å². The van der Waals surface area contributed by atoms with Crippen LogP contribution in [0.4, 0.5) is 5.69 Å². The van der Waals surface area contributed by atoms with Gasteiger partial charge in [-0.2, -0.15) is 0 Å². The minimum absolute atomic E-state index is 0.113. The first-order valence-electron chi connectivity index (χ1n) is 10.6. The Balaban J connectivity index is 1.61. The number of amides is 1. The quantitative estimate of drug-likeness (QED) is 0.317. The van der Waals surface area contributed by atoms with Gasteiger partial charge in [0.2, 0.25) is 5.91 Å². The van der Waals surface area contributed by atoms with Crippen molar-refractivity contribution < 1.29 is 44.4 Å². The third kappa shape index (κ3) is 4.45. The van der Waals surface area contributed by atoms with Gasteiger partial charge in [-0.05, 0) is 25.5 Å². The third-order valence-electron chi connectivity index (χ3n) is 5.98. The molecular formula is C21H26N2O10. The number of ether oxygens (including phenoxy) is 3. The van der Waals surface area contributed by atoms with E-state index < -0.39 is 47.8 Å². The molecule has 12 heteroatoms. The van der Waals surface area contributed by atoms with E-state index in [9.17, 15) is 35.3 Å². The molecule has 1 aromatic rings. The van der Waals surface area contributed by atoms with Crippen LogP contribution >= 0.6 is 0 Å². The molecule has 4 rings (SSSR count). The number of benzene rings is 1. The van der Waals surface area contributed by atoms with Crippen LogP contribution in [-0.4, -0.2) is 92.2 Å². The summed E-state index contributed by atoms with van der Waals surface area (Å²) in [7, 11) is 0. The van der Waals surface area contributed by atoms with Crippen molar-refractivity contribution in [3.63, 3.8) is 0 Å². The molecule has 0 spiro atoms. The predicted molar refractivity (Wildman–Crippen MR) is 111 cm³/mol. The third-order valence-corrected chi connectivity index (χ3v) is 5.98. The molecular weight excluding hydrogens is 440 g/mol. The molecule has 2 fully saturated rings. The van der Waals surface area contributed by atoms with Crippen LogP contribution in [0.1, 0.15) is 25.3 Å². The van der Waals surface area contributed by atoms with Crippen molar-refractivity contribution in [3.05, 3.63) is 40.0 Å². The van der Waals surface area contributed by atoms with Gasteiger partial charge in [0.15, 0.2) is 6.29 Å². The first-order valence-corrected chi connectivity index (χ1v) is 10.6. The maximum absolute atomic E-state index is 12.4. The first-order chi connectivity index (χ1) is 15.6. The summed E-state index contributed by atoms with van der Waals surface area (Å²) in [5, 5.41) is 50.7. The second kappa shape index (κ2) is 8.97. The van der Waals surface area contributed by atoms with Gasteiger partial charge in [0.1, 0.15) is 35.8 Å². The molecule has 1 amide bonds. The maximum atomic E-state index is 12.4. The number of rotatable bonds is 6. The number of fused-ring (bicyclic) bond motifs is 1. The van der Waals surface area contributed by atoms with Gasteiger partial charge in [-0.3, -0.25) is 14.9 Å². The van der Waals surface area contributed by atoms with Crippen molar-refractivity contribution in [2.75, 3.05) is 19.8 Å². The Hall–Kier alpha value is -2.61. The smallest absolute Gasteiger partial charge is 0.270 e. The zero-order valence-corrected chi connectivity index (χ0v) is 17.9. The van der Waals surface area contributed by atoms with Gasteiger partial charge in [-0.15, -0.1) is 0 Å². The topological polar surface area (TPSA) is 172 Å². The van der Waals surface area contributed by atoms with Gasteiger partial charge >= 0.3 is 0 Å². The van der Waals surface area contributed by atoms with Crippen molar-refractivity contribution >= 4 is 17.3 Å². The molecule has 4 N–H and O–H groups in total. The highest BCUT2D eigenvalue weighted by Crippen LogP contribution is 2.41. The molecule has 0 bridgehead atoms. The van der Waals surface area contributed by atoms with Gasteiger partial charge < -0.3 is 39.5 Å². The summed E-state index contributed by atoms with van der Waals surface area (Å²) in [6.07, 6.45) is -4.51. The number of non-ortho nitro benzene ring substituents is 1. The number of aliphatic hydroxyl groups excluding tert-OH is 4. The average Bonchev–Trinajstić information content (AvgIpc) is 3.21. The van der Waals surface area contributed by atoms with Crippen molar-refractivity contribution in [3.8, 4) is 5.75 Å². The molecule has 33 heavy (non-hydrogen) atoms. The molecule has 0 radical (unpaired) electrons. The van der Waals surface area contributed by atoms with E-state index in [4.69, 9.17) is 14.2 Å². The molecule has 2 saturated heterocycles. The lowest BCUT2D eigenvalue weighted by Gasteiger charge is -2.41. The SMILES string of the molecule is C[C@]1(CO[C@@H]2O[C@H](CO)[C@@H](O)[C@H](O)[C@H]2O)C=C(N2CCCC2=O)c2cc([N+](=O)[O-])ccc2O1. The van der Waals surface area contributed by atoms with E-state index >= 15 is 0 Å². The van der Waals surface area contributed by atoms with Crippen molar-refractivity contribution in [1.29, 1.82) is 0 Å². The molecule has 180 valence electrons. The highest BCUT2D eigenvalue weighted by atomic mass is 16.7. The molecule has 3 aliphatic heterocycles. The average molecular weight is 466 g/mol. The fourth-order valence-corrected chi connectivity index (χ4v) is 4.22. The molecule has 12 nitrogen and oxygen atoms in total. The number of nitro benzene ring substituents is 1. The fraction of sp³-hybridized carbons (Fsp3) is 0.571. The number of carbonyl (C=O) groups is 1. The van der Waals surface area contributed by atoms with E-state index in [1.165, 1.54) is 18.2 Å². The number of hydrogen-bond acceptors (Lipinski definition) is 10. The Morgan fingerprint density at radius 1 is 1.27 bits per heavy atom. The van der Waals surface area contributed by atoms with E-state index in [1.54, 1.807) is 17.9 Å². The second-order valence-corrected chi connectivity index (χ2v) is 8.54. The monoisotopic (exact) mass is 466 g/mol. The number of likely N-dealkylation sites (tertiary alicyclic amines) is 1. The Kier molecular flexibility index (Phi) is 6.40. The van der Waals surface area contributed by atoms with E-state index in [0.717, 1.165) is 0 Å². The highest BCUT2D eigenvalue weighted by Gasteiger charge is 2.45. The van der Waals surface area contributed by atoms with Crippen molar-refractivity contribution in [2.45, 2.75) is 56.1 Å². The number of nitrogens with zero attached hydrogens (tertiary/aromatic N) is 2. The van der Waals surface area contributed by atoms with Crippen LogP contribution in [0.25, 0.3) is 5.70 Å². The molecule has 0 aromatic heterocycles. The lowest BCUT2D eigenvalue weighted by Crippen LogP contribution is -2.59. The van der Waals surface area contributed by atoms with Crippen LogP contribution in [-0.2, 0) is 14.3 Å². The van der Waals surface area contributed by atoms with E-state index in [-0.39, 0.29) is 18.2 Å². The predicted octanol–water partition coefficient (Wildman–Crippen LogP) is -0.474. The zero-order chi connectivity index (χ0) is 23.9. The van der Waals surface area contributed by atoms with Crippen LogP contribution in [0.5, 0.6) is 5.75 Å². The summed E-state index contributed by atoms with van der Waals surface area (Å²) >= 11 is 0. The molecule has 3 aliphatic rings. The molecule has 0 saturated carbocycles. The normalized spacial score (nSPS) is 34.0. The maximum Gasteiger partial charge on any atom is 0.270 e. The standard InChI is InChI=1S/C21H26N2O10/c1-21(10-31-20-19(28)18(27)17(26)15(9-24)32-20)8-13(22-6-2-3-16(22)25)12-7-11(23(29)30)4-5-14(12)33-21/h4-5,7-8,15,17-20,24,26-28H,2-3,6,9-10H2,1H3/t15-,17-,18+,19-,20-,21-/m1/s1. The Morgan fingerprint density at radius 3 is 2.67 bits per heavy atom. The van der Waals surface area contributed by atoms with E-state index in [1.807, 2.05) is 0 Å². The van der Waals surface area contributed by atoms with Gasteiger partial charge in [-0.1, -0.05) is 0 Å². The lowest BCUT2D eigenvalue weighted by atomic mass is 9.96. The summed E-state index contributed by atoms with van der Waals surface area (Å²) in [5.74, 6) is 0.204. The molecule has 0 unspecified atom stereocenters. The van der Waals surface area contributed by atoms with Crippen LogP contribution in [0.3, 0.4) is 0 Å². The minimum atomic E-state index is -1.59. The summed E-state index contributed by atoms with van der Waals surface area (Å²) in [6.45, 7) is 1.34. The number of nitro groups is 1. The molecule has 3 heterocycles. The van der Waals surface area contributed by atoms with Gasteiger partial charge in [0.05, 0.1) is 23.8 Å². The van der Waals surface area contributed by atoms with Crippen LogP contribution in [0.15, 0.2) is 24.3 Å². The second-order valence-electron chi connectivity index (χ2n) is 8.54. The van der Waals surface area contributed by atoms with Crippen LogP contribution < -0.4 is 4.74 Å². The zero-order valence-electron chi connectivity index (χ0n) is 17.9.